The van der Waals surface area contributed by atoms with Gasteiger partial charge in [0.15, 0.2) is 11.5 Å². The Morgan fingerprint density at radius 2 is 1.51 bits per heavy atom. The number of benzene rings is 4. The average molecular weight is 630 g/mol. The van der Waals surface area contributed by atoms with Crippen LogP contribution in [0.4, 0.5) is 11.4 Å². The molecule has 0 bridgehead atoms. The molecule has 5 aromatic rings. The van der Waals surface area contributed by atoms with E-state index in [0.717, 1.165) is 60.0 Å². The molecular formula is C41H47N3O3. The molecule has 1 N–H and O–H groups in total. The summed E-state index contributed by atoms with van der Waals surface area (Å²) < 4.78 is 18.3. The number of nitrogens with one attached hydrogen (secondary N) is 1. The highest BCUT2D eigenvalue weighted by molar-refractivity contribution is 5.88. The molecule has 6 rings (SSSR count). The van der Waals surface area contributed by atoms with Crippen LogP contribution < -0.4 is 19.5 Å². The fraction of sp³-hybridized carbons (Fsp3) is 0.341. The van der Waals surface area contributed by atoms with Crippen molar-refractivity contribution in [2.24, 2.45) is 5.92 Å². The second-order valence-electron chi connectivity index (χ2n) is 13.6. The molecule has 47 heavy (non-hydrogen) atoms. The van der Waals surface area contributed by atoms with Gasteiger partial charge in [0.25, 0.3) is 0 Å². The Hall–Kier alpha value is -4.55. The molecule has 1 fully saturated rings. The molecule has 1 aliphatic rings. The maximum Gasteiger partial charge on any atom is 0.163 e. The highest BCUT2D eigenvalue weighted by Crippen LogP contribution is 2.37. The van der Waals surface area contributed by atoms with Gasteiger partial charge in [-0.15, -0.1) is 0 Å². The van der Waals surface area contributed by atoms with E-state index in [1.165, 1.54) is 30.4 Å². The van der Waals surface area contributed by atoms with Crippen molar-refractivity contribution in [2.75, 3.05) is 38.7 Å². The lowest BCUT2D eigenvalue weighted by Crippen LogP contribution is -2.35. The molecule has 4 aromatic carbocycles. The van der Waals surface area contributed by atoms with Crippen molar-refractivity contribution < 1.29 is 14.2 Å². The zero-order chi connectivity index (χ0) is 32.6. The van der Waals surface area contributed by atoms with Crippen LogP contribution in [0.1, 0.15) is 51.2 Å². The minimum Gasteiger partial charge on any atom is -0.493 e. The molecule has 244 valence electrons. The van der Waals surface area contributed by atoms with Crippen LogP contribution >= 0.6 is 0 Å². The van der Waals surface area contributed by atoms with Crippen molar-refractivity contribution in [1.82, 2.24) is 9.88 Å². The molecular weight excluding hydrogens is 582 g/mol. The SMILES string of the molecule is COc1cc2c(Oc3ccc(Nc4ccc(C(C)(C)C)cc4)cc3)ccnc2cc1OCCCN1CCC(Cc2ccccc2)CC1. The maximum atomic E-state index is 6.33. The van der Waals surface area contributed by atoms with Crippen LogP contribution in [0.5, 0.6) is 23.0 Å². The number of anilines is 2. The quantitative estimate of drug-likeness (QED) is 0.139. The van der Waals surface area contributed by atoms with Crippen molar-refractivity contribution in [2.45, 2.75) is 51.9 Å². The van der Waals surface area contributed by atoms with Crippen LogP contribution in [0, 0.1) is 5.92 Å². The summed E-state index contributed by atoms with van der Waals surface area (Å²) in [7, 11) is 1.67. The third-order valence-corrected chi connectivity index (χ3v) is 9.06. The molecule has 1 aliphatic heterocycles. The maximum absolute atomic E-state index is 6.33. The zero-order valence-electron chi connectivity index (χ0n) is 28.2. The van der Waals surface area contributed by atoms with Crippen LogP contribution in [0.2, 0.25) is 0 Å². The fourth-order valence-corrected chi connectivity index (χ4v) is 6.28. The number of ether oxygens (including phenoxy) is 3. The molecule has 0 radical (unpaired) electrons. The summed E-state index contributed by atoms with van der Waals surface area (Å²) in [5, 5.41) is 4.35. The summed E-state index contributed by atoms with van der Waals surface area (Å²) in [6, 6.07) is 33.3. The van der Waals surface area contributed by atoms with Crippen molar-refractivity contribution in [3.8, 4) is 23.0 Å². The summed E-state index contributed by atoms with van der Waals surface area (Å²) in [6.45, 7) is 10.7. The lowest BCUT2D eigenvalue weighted by Gasteiger charge is -2.32. The molecule has 6 nitrogen and oxygen atoms in total. The van der Waals surface area contributed by atoms with E-state index in [0.29, 0.717) is 23.9 Å². The predicted octanol–water partition coefficient (Wildman–Crippen LogP) is 9.80. The minimum atomic E-state index is 0.133. The van der Waals surface area contributed by atoms with E-state index in [1.807, 2.05) is 42.5 Å². The van der Waals surface area contributed by atoms with Gasteiger partial charge in [0.2, 0.25) is 0 Å². The van der Waals surface area contributed by atoms with Gasteiger partial charge in [-0.2, -0.15) is 0 Å². The Kier molecular flexibility index (Phi) is 10.3. The number of hydrogen-bond acceptors (Lipinski definition) is 6. The molecule has 2 heterocycles. The van der Waals surface area contributed by atoms with Gasteiger partial charge >= 0.3 is 0 Å². The monoisotopic (exact) mass is 629 g/mol. The second kappa shape index (κ2) is 14.9. The number of piperidine rings is 1. The molecule has 0 spiro atoms. The van der Waals surface area contributed by atoms with E-state index < -0.39 is 0 Å². The van der Waals surface area contributed by atoms with E-state index in [-0.39, 0.29) is 5.41 Å². The van der Waals surface area contributed by atoms with E-state index in [1.54, 1.807) is 13.3 Å². The number of nitrogens with zero attached hydrogens (tertiary/aromatic N) is 2. The highest BCUT2D eigenvalue weighted by Gasteiger charge is 2.19. The summed E-state index contributed by atoms with van der Waals surface area (Å²) in [5.74, 6) is 3.63. The number of pyridine rings is 1. The summed E-state index contributed by atoms with van der Waals surface area (Å²) >= 11 is 0. The molecule has 0 atom stereocenters. The smallest absolute Gasteiger partial charge is 0.163 e. The minimum absolute atomic E-state index is 0.133. The largest absolute Gasteiger partial charge is 0.493 e. The predicted molar refractivity (Wildman–Crippen MR) is 193 cm³/mol. The van der Waals surface area contributed by atoms with Crippen LogP contribution in [0.15, 0.2) is 103 Å². The summed E-state index contributed by atoms with van der Waals surface area (Å²) in [5.41, 5.74) is 5.75. The molecule has 0 aliphatic carbocycles. The van der Waals surface area contributed by atoms with Gasteiger partial charge in [-0.3, -0.25) is 4.98 Å². The number of methoxy groups -OCH3 is 1. The molecule has 0 saturated carbocycles. The Bertz CT molecular complexity index is 1720. The second-order valence-corrected chi connectivity index (χ2v) is 13.6. The van der Waals surface area contributed by atoms with Crippen LogP contribution in [0.25, 0.3) is 10.9 Å². The number of aromatic nitrogens is 1. The van der Waals surface area contributed by atoms with Crippen molar-refractivity contribution in [1.29, 1.82) is 0 Å². The van der Waals surface area contributed by atoms with E-state index in [2.05, 4.69) is 90.6 Å². The highest BCUT2D eigenvalue weighted by atomic mass is 16.5. The Labute approximate surface area is 279 Å². The Balaban J connectivity index is 1.02. The number of rotatable bonds is 12. The third kappa shape index (κ3) is 8.63. The number of hydrogen-bond donors (Lipinski definition) is 1. The first-order chi connectivity index (χ1) is 22.8. The lowest BCUT2D eigenvalue weighted by molar-refractivity contribution is 0.170. The molecule has 0 amide bonds. The molecule has 1 saturated heterocycles. The Morgan fingerprint density at radius 3 is 2.19 bits per heavy atom. The first kappa shape index (κ1) is 32.4. The van der Waals surface area contributed by atoms with Crippen molar-refractivity contribution in [3.05, 3.63) is 114 Å². The summed E-state index contributed by atoms with van der Waals surface area (Å²) in [6.07, 6.45) is 6.45. The normalized spacial score (nSPS) is 14.2. The van der Waals surface area contributed by atoms with Crippen LogP contribution in [-0.4, -0.2) is 43.2 Å². The number of fused-ring (bicyclic) bond motifs is 1. The zero-order valence-corrected chi connectivity index (χ0v) is 28.2. The third-order valence-electron chi connectivity index (χ3n) is 9.06. The first-order valence-corrected chi connectivity index (χ1v) is 16.9. The van der Waals surface area contributed by atoms with Crippen LogP contribution in [0.3, 0.4) is 0 Å². The van der Waals surface area contributed by atoms with E-state index >= 15 is 0 Å². The van der Waals surface area contributed by atoms with E-state index in [4.69, 9.17) is 14.2 Å². The van der Waals surface area contributed by atoms with Gasteiger partial charge in [-0.1, -0.05) is 63.2 Å². The van der Waals surface area contributed by atoms with Gasteiger partial charge in [-0.05, 0) is 110 Å². The number of likely N-dealkylation sites (tertiary alicyclic amines) is 1. The topological polar surface area (TPSA) is 55.9 Å². The molecule has 6 heteroatoms. The first-order valence-electron chi connectivity index (χ1n) is 16.9. The van der Waals surface area contributed by atoms with Crippen LogP contribution in [-0.2, 0) is 11.8 Å². The van der Waals surface area contributed by atoms with Gasteiger partial charge in [0.05, 0.1) is 19.2 Å². The van der Waals surface area contributed by atoms with Crippen molar-refractivity contribution in [3.63, 3.8) is 0 Å². The fourth-order valence-electron chi connectivity index (χ4n) is 6.28. The summed E-state index contributed by atoms with van der Waals surface area (Å²) in [4.78, 5) is 7.18. The average Bonchev–Trinajstić information content (AvgIpc) is 3.08. The standard InChI is InChI=1S/C41H47N3O3/c1-41(2,3)32-11-13-33(14-12-32)43-34-15-17-35(18-16-34)47-38-19-22-42-37-29-40(39(45-4)28-36(37)38)46-26-8-23-44-24-20-31(21-25-44)27-30-9-6-5-7-10-30/h5-7,9-19,22,28-29,31,43H,8,20-21,23-27H2,1-4H3. The van der Waals surface area contributed by atoms with Gasteiger partial charge < -0.3 is 24.4 Å². The van der Waals surface area contributed by atoms with Crippen molar-refractivity contribution >= 4 is 22.3 Å². The lowest BCUT2D eigenvalue weighted by atomic mass is 9.87. The molecule has 1 aromatic heterocycles. The van der Waals surface area contributed by atoms with Gasteiger partial charge in [0.1, 0.15) is 11.5 Å². The van der Waals surface area contributed by atoms with E-state index in [9.17, 15) is 0 Å². The molecule has 0 unspecified atom stereocenters. The van der Waals surface area contributed by atoms with Gasteiger partial charge in [0, 0.05) is 35.6 Å². The van der Waals surface area contributed by atoms with Gasteiger partial charge in [-0.25, -0.2) is 0 Å². The Morgan fingerprint density at radius 1 is 0.809 bits per heavy atom.